The van der Waals surface area contributed by atoms with Crippen molar-refractivity contribution in [3.63, 3.8) is 0 Å². The zero-order valence-corrected chi connectivity index (χ0v) is 10.7. The molecule has 0 fully saturated rings. The third-order valence-electron chi connectivity index (χ3n) is 1.52. The fraction of sp³-hybridized carbons (Fsp3) is 0.429. The molecule has 0 saturated heterocycles. The van der Waals surface area contributed by atoms with Crippen LogP contribution in [-0.2, 0) is 10.0 Å². The Balaban J connectivity index is 2.86. The molecule has 1 rings (SSSR count). The second-order valence-electron chi connectivity index (χ2n) is 2.82. The zero-order valence-electron chi connectivity index (χ0n) is 7.53. The van der Waals surface area contributed by atoms with Crippen molar-refractivity contribution in [2.24, 2.45) is 5.73 Å². The third kappa shape index (κ3) is 3.03. The lowest BCUT2D eigenvalue weighted by molar-refractivity contribution is 0.564. The van der Waals surface area contributed by atoms with Gasteiger partial charge in [0, 0.05) is 12.6 Å². The summed E-state index contributed by atoms with van der Waals surface area (Å²) in [6, 6.07) is 3.01. The van der Waals surface area contributed by atoms with E-state index >= 15 is 0 Å². The first-order valence-corrected chi connectivity index (χ1v) is 7.02. The number of nitrogens with two attached hydrogens (primary N) is 1. The van der Waals surface area contributed by atoms with Crippen LogP contribution in [0, 0.1) is 0 Å². The Hall–Kier alpha value is 0.0500. The van der Waals surface area contributed by atoms with Gasteiger partial charge >= 0.3 is 0 Å². The van der Waals surface area contributed by atoms with E-state index in [0.29, 0.717) is 4.21 Å². The highest BCUT2D eigenvalue weighted by molar-refractivity contribution is 9.11. The first-order valence-electron chi connectivity index (χ1n) is 3.93. The van der Waals surface area contributed by atoms with Gasteiger partial charge in [-0.1, -0.05) is 0 Å². The minimum absolute atomic E-state index is 0.249. The number of sulfonamides is 1. The van der Waals surface area contributed by atoms with Crippen LogP contribution < -0.4 is 10.5 Å². The maximum atomic E-state index is 11.6. The standard InChI is InChI=1S/C7H11BrN2O2S2/c1-5(4-9)10-14(11,12)7-3-2-6(8)13-7/h2-3,5,10H,4,9H2,1H3. The molecule has 0 spiro atoms. The predicted molar refractivity (Wildman–Crippen MR) is 60.9 cm³/mol. The van der Waals surface area contributed by atoms with Crippen LogP contribution in [0.25, 0.3) is 0 Å². The van der Waals surface area contributed by atoms with E-state index in [2.05, 4.69) is 20.7 Å². The second kappa shape index (κ2) is 4.71. The average molecular weight is 299 g/mol. The van der Waals surface area contributed by atoms with Crippen molar-refractivity contribution < 1.29 is 8.42 Å². The van der Waals surface area contributed by atoms with Crippen LogP contribution in [0.2, 0.25) is 0 Å². The number of hydrogen-bond acceptors (Lipinski definition) is 4. The van der Waals surface area contributed by atoms with Gasteiger partial charge in [0.1, 0.15) is 4.21 Å². The van der Waals surface area contributed by atoms with E-state index in [1.165, 1.54) is 11.3 Å². The first kappa shape index (κ1) is 12.1. The number of rotatable bonds is 4. The van der Waals surface area contributed by atoms with Gasteiger partial charge in [0.15, 0.2) is 0 Å². The van der Waals surface area contributed by atoms with E-state index in [1.54, 1.807) is 19.1 Å². The van der Waals surface area contributed by atoms with Gasteiger partial charge in [-0.2, -0.15) is 0 Å². The number of thiophene rings is 1. The summed E-state index contributed by atoms with van der Waals surface area (Å²) in [5.41, 5.74) is 5.33. The quantitative estimate of drug-likeness (QED) is 0.875. The molecule has 0 aromatic carbocycles. The van der Waals surface area contributed by atoms with Crippen LogP contribution in [0.15, 0.2) is 20.1 Å². The lowest BCUT2D eigenvalue weighted by Crippen LogP contribution is -2.37. The highest BCUT2D eigenvalue weighted by Gasteiger charge is 2.18. The van der Waals surface area contributed by atoms with Gasteiger partial charge < -0.3 is 5.73 Å². The van der Waals surface area contributed by atoms with Crippen LogP contribution in [0.5, 0.6) is 0 Å². The van der Waals surface area contributed by atoms with E-state index < -0.39 is 10.0 Å². The molecule has 0 amide bonds. The summed E-state index contributed by atoms with van der Waals surface area (Å²) in [7, 11) is -3.39. The fourth-order valence-corrected chi connectivity index (χ4v) is 4.10. The second-order valence-corrected chi connectivity index (χ2v) is 7.22. The van der Waals surface area contributed by atoms with Crippen molar-refractivity contribution in [2.45, 2.75) is 17.2 Å². The van der Waals surface area contributed by atoms with Crippen molar-refractivity contribution in [1.82, 2.24) is 4.72 Å². The minimum Gasteiger partial charge on any atom is -0.329 e. The van der Waals surface area contributed by atoms with Crippen molar-refractivity contribution >= 4 is 37.3 Å². The SMILES string of the molecule is CC(CN)NS(=O)(=O)c1ccc(Br)s1. The number of hydrogen-bond donors (Lipinski definition) is 2. The molecule has 0 radical (unpaired) electrons. The molecule has 1 heterocycles. The molecule has 1 aromatic rings. The lowest BCUT2D eigenvalue weighted by atomic mass is 10.4. The molecular weight excluding hydrogens is 288 g/mol. The molecule has 80 valence electrons. The van der Waals surface area contributed by atoms with E-state index in [1.807, 2.05) is 0 Å². The van der Waals surface area contributed by atoms with Crippen molar-refractivity contribution in [2.75, 3.05) is 6.54 Å². The molecule has 7 heteroatoms. The third-order valence-corrected chi connectivity index (χ3v) is 5.23. The Morgan fingerprint density at radius 3 is 2.71 bits per heavy atom. The number of nitrogens with one attached hydrogen (secondary N) is 1. The van der Waals surface area contributed by atoms with E-state index in [9.17, 15) is 8.42 Å². The Kier molecular flexibility index (Phi) is 4.08. The monoisotopic (exact) mass is 298 g/mol. The molecule has 1 atom stereocenters. The molecular formula is C7H11BrN2O2S2. The first-order chi connectivity index (χ1) is 6.45. The summed E-state index contributed by atoms with van der Waals surface area (Å²) in [6.07, 6.45) is 0. The van der Waals surface area contributed by atoms with Gasteiger partial charge in [0.25, 0.3) is 0 Å². The van der Waals surface area contributed by atoms with Gasteiger partial charge in [-0.15, -0.1) is 11.3 Å². The Labute approximate surface area is 95.7 Å². The van der Waals surface area contributed by atoms with Crippen molar-refractivity contribution in [3.05, 3.63) is 15.9 Å². The summed E-state index contributed by atoms with van der Waals surface area (Å²) < 4.78 is 26.8. The van der Waals surface area contributed by atoms with E-state index in [-0.39, 0.29) is 12.6 Å². The topological polar surface area (TPSA) is 72.2 Å². The summed E-state index contributed by atoms with van der Waals surface area (Å²) in [5, 5.41) is 0. The molecule has 1 unspecified atom stereocenters. The molecule has 3 N–H and O–H groups in total. The van der Waals surface area contributed by atoms with E-state index in [4.69, 9.17) is 5.73 Å². The van der Waals surface area contributed by atoms with Gasteiger partial charge in [-0.3, -0.25) is 0 Å². The summed E-state index contributed by atoms with van der Waals surface area (Å²) in [5.74, 6) is 0. The fourth-order valence-electron chi connectivity index (χ4n) is 0.813. The van der Waals surface area contributed by atoms with E-state index in [0.717, 1.165) is 3.79 Å². The van der Waals surface area contributed by atoms with Crippen LogP contribution in [0.1, 0.15) is 6.92 Å². The maximum Gasteiger partial charge on any atom is 0.250 e. The molecule has 0 aliphatic heterocycles. The normalized spacial score (nSPS) is 14.2. The van der Waals surface area contributed by atoms with Gasteiger partial charge in [0.05, 0.1) is 3.79 Å². The Bertz CT molecular complexity index is 402. The molecule has 0 bridgehead atoms. The van der Waals surface area contributed by atoms with Crippen molar-refractivity contribution in [1.29, 1.82) is 0 Å². The predicted octanol–water partition coefficient (Wildman–Crippen LogP) is 1.14. The molecule has 14 heavy (non-hydrogen) atoms. The molecule has 0 aliphatic rings. The van der Waals surface area contributed by atoms with Gasteiger partial charge in [0.2, 0.25) is 10.0 Å². The van der Waals surface area contributed by atoms with Gasteiger partial charge in [-0.05, 0) is 35.0 Å². The minimum atomic E-state index is -3.39. The highest BCUT2D eigenvalue weighted by atomic mass is 79.9. The highest BCUT2D eigenvalue weighted by Crippen LogP contribution is 2.25. The maximum absolute atomic E-state index is 11.6. The van der Waals surface area contributed by atoms with Crippen LogP contribution in [0.3, 0.4) is 0 Å². The molecule has 4 nitrogen and oxygen atoms in total. The molecule has 0 saturated carbocycles. The van der Waals surface area contributed by atoms with Crippen LogP contribution in [-0.4, -0.2) is 21.0 Å². The van der Waals surface area contributed by atoms with Gasteiger partial charge in [-0.25, -0.2) is 13.1 Å². The summed E-state index contributed by atoms with van der Waals surface area (Å²) in [6.45, 7) is 2.01. The zero-order chi connectivity index (χ0) is 10.8. The Morgan fingerprint density at radius 1 is 1.64 bits per heavy atom. The van der Waals surface area contributed by atoms with Crippen LogP contribution >= 0.6 is 27.3 Å². The van der Waals surface area contributed by atoms with Crippen LogP contribution in [0.4, 0.5) is 0 Å². The van der Waals surface area contributed by atoms with Crippen molar-refractivity contribution in [3.8, 4) is 0 Å². The summed E-state index contributed by atoms with van der Waals surface area (Å²) in [4.78, 5) is 0. The largest absolute Gasteiger partial charge is 0.329 e. The number of halogens is 1. The molecule has 1 aromatic heterocycles. The summed E-state index contributed by atoms with van der Waals surface area (Å²) >= 11 is 4.38. The Morgan fingerprint density at radius 2 is 2.29 bits per heavy atom. The molecule has 0 aliphatic carbocycles. The smallest absolute Gasteiger partial charge is 0.250 e. The average Bonchev–Trinajstić information content (AvgIpc) is 2.51. The lowest BCUT2D eigenvalue weighted by Gasteiger charge is -2.09.